The van der Waals surface area contributed by atoms with E-state index in [1.165, 1.54) is 0 Å². The number of aliphatic hydroxyl groups excluding tert-OH is 1. The van der Waals surface area contributed by atoms with Crippen LogP contribution in [0.15, 0.2) is 0 Å². The first-order valence-corrected chi connectivity index (χ1v) is 5.51. The second-order valence-electron chi connectivity index (χ2n) is 4.94. The van der Waals surface area contributed by atoms with E-state index >= 15 is 0 Å². The first-order chi connectivity index (χ1) is 6.81. The minimum atomic E-state index is -0.277. The van der Waals surface area contributed by atoms with Crippen LogP contribution >= 0.6 is 0 Å². The quantitative estimate of drug-likeness (QED) is 0.571. The van der Waals surface area contributed by atoms with E-state index in [0.29, 0.717) is 13.0 Å². The third-order valence-electron chi connectivity index (χ3n) is 1.78. The van der Waals surface area contributed by atoms with E-state index in [9.17, 15) is 4.79 Å². The molecular formula is C11H24N2O2. The fourth-order valence-electron chi connectivity index (χ4n) is 1.12. The molecule has 0 saturated carbocycles. The molecular weight excluding hydrogens is 192 g/mol. The zero-order chi connectivity index (χ0) is 11.9. The Labute approximate surface area is 92.4 Å². The zero-order valence-corrected chi connectivity index (χ0v) is 10.3. The fraction of sp³-hybridized carbons (Fsp3) is 0.909. The molecule has 1 amide bonds. The van der Waals surface area contributed by atoms with E-state index in [1.807, 2.05) is 20.8 Å². The number of carbonyl (C=O) groups is 1. The Morgan fingerprint density at radius 2 is 1.93 bits per heavy atom. The molecule has 0 aliphatic rings. The van der Waals surface area contributed by atoms with Gasteiger partial charge in [-0.15, -0.1) is 0 Å². The van der Waals surface area contributed by atoms with Crippen molar-refractivity contribution in [2.45, 2.75) is 52.2 Å². The minimum Gasteiger partial charge on any atom is -0.393 e. The van der Waals surface area contributed by atoms with Gasteiger partial charge in [-0.25, -0.2) is 0 Å². The molecule has 0 radical (unpaired) electrons. The van der Waals surface area contributed by atoms with Crippen molar-refractivity contribution in [3.05, 3.63) is 0 Å². The molecule has 0 aromatic rings. The van der Waals surface area contributed by atoms with E-state index in [4.69, 9.17) is 5.11 Å². The molecule has 1 atom stereocenters. The number of amides is 1. The lowest BCUT2D eigenvalue weighted by Gasteiger charge is -2.20. The Morgan fingerprint density at radius 1 is 1.33 bits per heavy atom. The van der Waals surface area contributed by atoms with Crippen LogP contribution in [0.1, 0.15) is 40.5 Å². The van der Waals surface area contributed by atoms with Gasteiger partial charge >= 0.3 is 0 Å². The van der Waals surface area contributed by atoms with Crippen molar-refractivity contribution in [1.29, 1.82) is 0 Å². The van der Waals surface area contributed by atoms with Crippen LogP contribution < -0.4 is 10.6 Å². The summed E-state index contributed by atoms with van der Waals surface area (Å²) in [5.74, 6) is 0.0621. The molecule has 0 aromatic carbocycles. The molecule has 4 nitrogen and oxygen atoms in total. The van der Waals surface area contributed by atoms with E-state index < -0.39 is 0 Å². The lowest BCUT2D eigenvalue weighted by atomic mass is 10.1. The van der Waals surface area contributed by atoms with Crippen molar-refractivity contribution in [1.82, 2.24) is 10.6 Å². The van der Waals surface area contributed by atoms with Crippen molar-refractivity contribution in [2.75, 3.05) is 13.1 Å². The van der Waals surface area contributed by atoms with Gasteiger partial charge in [0.05, 0.1) is 6.10 Å². The van der Waals surface area contributed by atoms with Crippen LogP contribution in [0, 0.1) is 0 Å². The van der Waals surface area contributed by atoms with Crippen molar-refractivity contribution in [3.63, 3.8) is 0 Å². The first-order valence-electron chi connectivity index (χ1n) is 5.51. The molecule has 0 saturated heterocycles. The Bertz CT molecular complexity index is 186. The summed E-state index contributed by atoms with van der Waals surface area (Å²) in [6.07, 6.45) is 0.929. The van der Waals surface area contributed by atoms with E-state index in [-0.39, 0.29) is 17.6 Å². The van der Waals surface area contributed by atoms with Gasteiger partial charge in [-0.05, 0) is 40.7 Å². The van der Waals surface area contributed by atoms with Gasteiger partial charge in [0, 0.05) is 18.5 Å². The lowest BCUT2D eigenvalue weighted by Crippen LogP contribution is -2.41. The Kier molecular flexibility index (Phi) is 6.52. The third-order valence-corrected chi connectivity index (χ3v) is 1.78. The second kappa shape index (κ2) is 6.80. The summed E-state index contributed by atoms with van der Waals surface area (Å²) in [6.45, 7) is 9.06. The number of hydrogen-bond donors (Lipinski definition) is 3. The third kappa shape index (κ3) is 11.3. The maximum atomic E-state index is 11.4. The molecule has 0 rings (SSSR count). The Morgan fingerprint density at radius 3 is 2.40 bits per heavy atom. The molecule has 15 heavy (non-hydrogen) atoms. The normalized spacial score (nSPS) is 13.7. The maximum Gasteiger partial charge on any atom is 0.221 e. The van der Waals surface area contributed by atoms with Crippen LogP contribution in [-0.4, -0.2) is 35.7 Å². The summed E-state index contributed by atoms with van der Waals surface area (Å²) in [5, 5.41) is 15.0. The van der Waals surface area contributed by atoms with Gasteiger partial charge in [0.2, 0.25) is 5.91 Å². The molecule has 90 valence electrons. The van der Waals surface area contributed by atoms with Gasteiger partial charge in [0.1, 0.15) is 0 Å². The smallest absolute Gasteiger partial charge is 0.221 e. The van der Waals surface area contributed by atoms with E-state index in [0.717, 1.165) is 13.0 Å². The summed E-state index contributed by atoms with van der Waals surface area (Å²) >= 11 is 0. The monoisotopic (exact) mass is 216 g/mol. The van der Waals surface area contributed by atoms with Crippen LogP contribution in [0.25, 0.3) is 0 Å². The highest BCUT2D eigenvalue weighted by Gasteiger charge is 2.12. The SMILES string of the molecule is CC(O)CCNCCC(=O)NC(C)(C)C. The molecule has 4 heteroatoms. The van der Waals surface area contributed by atoms with Crippen molar-refractivity contribution in [2.24, 2.45) is 0 Å². The topological polar surface area (TPSA) is 61.4 Å². The van der Waals surface area contributed by atoms with Crippen LogP contribution in [-0.2, 0) is 4.79 Å². The fourth-order valence-corrected chi connectivity index (χ4v) is 1.12. The standard InChI is InChI=1S/C11H24N2O2/c1-9(14)5-7-12-8-6-10(15)13-11(2,3)4/h9,12,14H,5-8H2,1-4H3,(H,13,15). The molecule has 0 aromatic heterocycles. The summed E-state index contributed by atoms with van der Waals surface area (Å²) in [4.78, 5) is 11.4. The van der Waals surface area contributed by atoms with Crippen molar-refractivity contribution in [3.8, 4) is 0 Å². The summed E-state index contributed by atoms with van der Waals surface area (Å²) < 4.78 is 0. The van der Waals surface area contributed by atoms with Crippen LogP contribution in [0.5, 0.6) is 0 Å². The molecule has 0 aliphatic heterocycles. The van der Waals surface area contributed by atoms with Crippen molar-refractivity contribution < 1.29 is 9.90 Å². The highest BCUT2D eigenvalue weighted by atomic mass is 16.3. The summed E-state index contributed by atoms with van der Waals surface area (Å²) in [5.41, 5.74) is -0.156. The highest BCUT2D eigenvalue weighted by molar-refractivity contribution is 5.76. The van der Waals surface area contributed by atoms with E-state index in [2.05, 4.69) is 10.6 Å². The molecule has 0 heterocycles. The number of carbonyl (C=O) groups excluding carboxylic acids is 1. The molecule has 0 aliphatic carbocycles. The molecule has 3 N–H and O–H groups in total. The maximum absolute atomic E-state index is 11.4. The average molecular weight is 216 g/mol. The molecule has 0 fully saturated rings. The highest BCUT2D eigenvalue weighted by Crippen LogP contribution is 1.98. The second-order valence-corrected chi connectivity index (χ2v) is 4.94. The van der Waals surface area contributed by atoms with Gasteiger partial charge in [-0.3, -0.25) is 4.79 Å². The zero-order valence-electron chi connectivity index (χ0n) is 10.3. The van der Waals surface area contributed by atoms with Gasteiger partial charge in [0.25, 0.3) is 0 Å². The predicted molar refractivity (Wildman–Crippen MR) is 61.7 cm³/mol. The average Bonchev–Trinajstić information content (AvgIpc) is 1.99. The van der Waals surface area contributed by atoms with Crippen LogP contribution in [0.3, 0.4) is 0 Å². The largest absolute Gasteiger partial charge is 0.393 e. The van der Waals surface area contributed by atoms with Crippen molar-refractivity contribution >= 4 is 5.91 Å². The molecule has 0 spiro atoms. The number of nitrogens with one attached hydrogen (secondary N) is 2. The number of rotatable bonds is 6. The predicted octanol–water partition coefficient (Wildman–Crippen LogP) is 0.652. The molecule has 0 bridgehead atoms. The van der Waals surface area contributed by atoms with Crippen LogP contribution in [0.4, 0.5) is 0 Å². The van der Waals surface area contributed by atoms with Gasteiger partial charge in [0.15, 0.2) is 0 Å². The summed E-state index contributed by atoms with van der Waals surface area (Å²) in [7, 11) is 0. The first kappa shape index (κ1) is 14.4. The van der Waals surface area contributed by atoms with Gasteiger partial charge in [-0.1, -0.05) is 0 Å². The van der Waals surface area contributed by atoms with Crippen LogP contribution in [0.2, 0.25) is 0 Å². The Balaban J connectivity index is 3.40. The number of hydrogen-bond acceptors (Lipinski definition) is 3. The minimum absolute atomic E-state index is 0.0621. The van der Waals surface area contributed by atoms with Gasteiger partial charge in [-0.2, -0.15) is 0 Å². The van der Waals surface area contributed by atoms with Gasteiger partial charge < -0.3 is 15.7 Å². The summed E-state index contributed by atoms with van der Waals surface area (Å²) in [6, 6.07) is 0. The van der Waals surface area contributed by atoms with E-state index in [1.54, 1.807) is 6.92 Å². The molecule has 1 unspecified atom stereocenters. The Hall–Kier alpha value is -0.610. The lowest BCUT2D eigenvalue weighted by molar-refractivity contribution is -0.122. The number of aliphatic hydroxyl groups is 1.